The molecule has 0 unspecified atom stereocenters. The van der Waals surface area contributed by atoms with Crippen molar-refractivity contribution in [2.45, 2.75) is 40.0 Å². The minimum Gasteiger partial charge on any atom is -0.316 e. The average Bonchev–Trinajstić information content (AvgIpc) is 2.71. The van der Waals surface area contributed by atoms with Crippen LogP contribution in [0.25, 0.3) is 0 Å². The fraction of sp³-hybridized carbons (Fsp3) is 1.00. The van der Waals surface area contributed by atoms with Crippen LogP contribution in [0.4, 0.5) is 0 Å². The second-order valence-electron chi connectivity index (χ2n) is 4.59. The predicted molar refractivity (Wildman–Crippen MR) is 49.7 cm³/mol. The summed E-state index contributed by atoms with van der Waals surface area (Å²) in [6, 6.07) is 0. The highest BCUT2D eigenvalue weighted by molar-refractivity contribution is 4.77. The summed E-state index contributed by atoms with van der Waals surface area (Å²) in [6.45, 7) is 9.35. The van der Waals surface area contributed by atoms with Gasteiger partial charge in [0.25, 0.3) is 0 Å². The molecule has 1 fully saturated rings. The van der Waals surface area contributed by atoms with Crippen molar-refractivity contribution in [3.63, 3.8) is 0 Å². The molecule has 1 aliphatic rings. The molecule has 0 aromatic carbocycles. The summed E-state index contributed by atoms with van der Waals surface area (Å²) in [7, 11) is 0. The minimum absolute atomic E-state index is 0.495. The molecule has 1 aliphatic carbocycles. The van der Waals surface area contributed by atoms with Gasteiger partial charge >= 0.3 is 0 Å². The highest BCUT2D eigenvalue weighted by atomic mass is 14.9. The van der Waals surface area contributed by atoms with Crippen molar-refractivity contribution < 1.29 is 0 Å². The van der Waals surface area contributed by atoms with Crippen molar-refractivity contribution >= 4 is 0 Å². The number of hydrogen-bond acceptors (Lipinski definition) is 1. The molecular formula is C10H21N. The van der Waals surface area contributed by atoms with Crippen molar-refractivity contribution in [2.24, 2.45) is 11.3 Å². The topological polar surface area (TPSA) is 12.0 Å². The first-order valence-corrected chi connectivity index (χ1v) is 4.85. The molecule has 0 aromatic heterocycles. The molecule has 11 heavy (non-hydrogen) atoms. The third-order valence-electron chi connectivity index (χ3n) is 2.69. The Balaban J connectivity index is 1.99. The van der Waals surface area contributed by atoms with Crippen LogP contribution in [0, 0.1) is 11.3 Å². The third kappa shape index (κ3) is 3.76. The Morgan fingerprint density at radius 1 is 1.36 bits per heavy atom. The van der Waals surface area contributed by atoms with Crippen LogP contribution in [0.1, 0.15) is 40.0 Å². The van der Waals surface area contributed by atoms with Crippen molar-refractivity contribution in [3.05, 3.63) is 0 Å². The van der Waals surface area contributed by atoms with E-state index in [1.807, 2.05) is 0 Å². The minimum atomic E-state index is 0.495. The maximum atomic E-state index is 3.54. The molecule has 0 bridgehead atoms. The maximum Gasteiger partial charge on any atom is 0.000253 e. The second kappa shape index (κ2) is 3.57. The number of rotatable bonds is 5. The Bertz CT molecular complexity index is 114. The van der Waals surface area contributed by atoms with E-state index >= 15 is 0 Å². The van der Waals surface area contributed by atoms with Gasteiger partial charge in [0.05, 0.1) is 0 Å². The summed E-state index contributed by atoms with van der Waals surface area (Å²) >= 11 is 0. The lowest BCUT2D eigenvalue weighted by Crippen LogP contribution is -2.30. The molecular weight excluding hydrogens is 134 g/mol. The normalized spacial score (nSPS) is 18.8. The lowest BCUT2D eigenvalue weighted by Gasteiger charge is -2.22. The number of nitrogens with one attached hydrogen (secondary N) is 1. The standard InChI is InChI=1S/C10H21N/c1-4-10(2,3)8-11-7-9-5-6-9/h9,11H,4-8H2,1-3H3. The van der Waals surface area contributed by atoms with Gasteiger partial charge in [0.2, 0.25) is 0 Å². The van der Waals surface area contributed by atoms with E-state index in [-0.39, 0.29) is 0 Å². The van der Waals surface area contributed by atoms with Crippen LogP contribution in [0.2, 0.25) is 0 Å². The summed E-state index contributed by atoms with van der Waals surface area (Å²) in [6.07, 6.45) is 4.18. The fourth-order valence-corrected chi connectivity index (χ4v) is 1.06. The van der Waals surface area contributed by atoms with Crippen LogP contribution >= 0.6 is 0 Å². The number of hydrogen-bond donors (Lipinski definition) is 1. The molecule has 1 rings (SSSR count). The summed E-state index contributed by atoms with van der Waals surface area (Å²) in [5.41, 5.74) is 0.495. The molecule has 0 radical (unpaired) electrons. The summed E-state index contributed by atoms with van der Waals surface area (Å²) in [4.78, 5) is 0. The zero-order chi connectivity index (χ0) is 8.32. The molecule has 1 nitrogen and oxygen atoms in total. The van der Waals surface area contributed by atoms with Gasteiger partial charge in [0, 0.05) is 6.54 Å². The van der Waals surface area contributed by atoms with Gasteiger partial charge in [-0.05, 0) is 37.1 Å². The summed E-state index contributed by atoms with van der Waals surface area (Å²) in [5, 5.41) is 3.54. The Labute approximate surface area is 70.6 Å². The molecule has 1 N–H and O–H groups in total. The second-order valence-corrected chi connectivity index (χ2v) is 4.59. The molecule has 1 heteroatoms. The van der Waals surface area contributed by atoms with Crippen LogP contribution in [0.15, 0.2) is 0 Å². The highest BCUT2D eigenvalue weighted by Crippen LogP contribution is 2.28. The molecule has 0 spiro atoms. The van der Waals surface area contributed by atoms with E-state index in [4.69, 9.17) is 0 Å². The van der Waals surface area contributed by atoms with Crippen LogP contribution in [-0.2, 0) is 0 Å². The van der Waals surface area contributed by atoms with Crippen LogP contribution < -0.4 is 5.32 Å². The molecule has 66 valence electrons. The van der Waals surface area contributed by atoms with E-state index in [2.05, 4.69) is 26.1 Å². The molecule has 0 aromatic rings. The first-order valence-electron chi connectivity index (χ1n) is 4.85. The highest BCUT2D eigenvalue weighted by Gasteiger charge is 2.22. The van der Waals surface area contributed by atoms with Crippen molar-refractivity contribution in [2.75, 3.05) is 13.1 Å². The third-order valence-corrected chi connectivity index (χ3v) is 2.69. The molecule has 0 atom stereocenters. The zero-order valence-electron chi connectivity index (χ0n) is 8.11. The molecule has 0 saturated heterocycles. The van der Waals surface area contributed by atoms with E-state index in [1.54, 1.807) is 0 Å². The summed E-state index contributed by atoms with van der Waals surface area (Å²) < 4.78 is 0. The van der Waals surface area contributed by atoms with E-state index in [0.717, 1.165) is 5.92 Å². The van der Waals surface area contributed by atoms with Crippen LogP contribution in [0.5, 0.6) is 0 Å². The van der Waals surface area contributed by atoms with Gasteiger partial charge in [-0.2, -0.15) is 0 Å². The monoisotopic (exact) mass is 155 g/mol. The first-order chi connectivity index (χ1) is 5.14. The fourth-order valence-electron chi connectivity index (χ4n) is 1.06. The van der Waals surface area contributed by atoms with Crippen molar-refractivity contribution in [1.29, 1.82) is 0 Å². The van der Waals surface area contributed by atoms with Gasteiger partial charge in [-0.1, -0.05) is 20.8 Å². The zero-order valence-corrected chi connectivity index (χ0v) is 8.11. The first kappa shape index (κ1) is 9.05. The lowest BCUT2D eigenvalue weighted by atomic mass is 9.90. The Kier molecular flexibility index (Phi) is 2.94. The lowest BCUT2D eigenvalue weighted by molar-refractivity contribution is 0.326. The Morgan fingerprint density at radius 2 is 2.00 bits per heavy atom. The smallest absolute Gasteiger partial charge is 0.000253 e. The SMILES string of the molecule is CCC(C)(C)CNCC1CC1. The van der Waals surface area contributed by atoms with E-state index < -0.39 is 0 Å². The maximum absolute atomic E-state index is 3.54. The van der Waals surface area contributed by atoms with Gasteiger partial charge in [0.15, 0.2) is 0 Å². The molecule has 1 saturated carbocycles. The van der Waals surface area contributed by atoms with Crippen molar-refractivity contribution in [3.8, 4) is 0 Å². The van der Waals surface area contributed by atoms with Gasteiger partial charge in [0.1, 0.15) is 0 Å². The van der Waals surface area contributed by atoms with Crippen molar-refractivity contribution in [1.82, 2.24) is 5.32 Å². The van der Waals surface area contributed by atoms with Gasteiger partial charge in [-0.3, -0.25) is 0 Å². The quantitative estimate of drug-likeness (QED) is 0.643. The van der Waals surface area contributed by atoms with Gasteiger partial charge < -0.3 is 5.32 Å². The van der Waals surface area contributed by atoms with Gasteiger partial charge in [-0.25, -0.2) is 0 Å². The summed E-state index contributed by atoms with van der Waals surface area (Å²) in [5.74, 6) is 1.02. The van der Waals surface area contributed by atoms with Crippen LogP contribution in [-0.4, -0.2) is 13.1 Å². The predicted octanol–water partition coefficient (Wildman–Crippen LogP) is 2.42. The van der Waals surface area contributed by atoms with E-state index in [1.165, 1.54) is 32.4 Å². The van der Waals surface area contributed by atoms with Crippen LogP contribution in [0.3, 0.4) is 0 Å². The average molecular weight is 155 g/mol. The molecule has 0 heterocycles. The Hall–Kier alpha value is -0.0400. The Morgan fingerprint density at radius 3 is 2.45 bits per heavy atom. The molecule has 0 aliphatic heterocycles. The van der Waals surface area contributed by atoms with E-state index in [0.29, 0.717) is 5.41 Å². The van der Waals surface area contributed by atoms with Gasteiger partial charge in [-0.15, -0.1) is 0 Å². The van der Waals surface area contributed by atoms with E-state index in [9.17, 15) is 0 Å². The largest absolute Gasteiger partial charge is 0.316 e. The molecule has 0 amide bonds.